The van der Waals surface area contributed by atoms with E-state index in [1.165, 1.54) is 0 Å². The van der Waals surface area contributed by atoms with Crippen molar-refractivity contribution in [2.45, 2.75) is 0 Å². The van der Waals surface area contributed by atoms with Gasteiger partial charge in [-0.25, -0.2) is 0 Å². The molecule has 2 heteroatoms. The lowest BCUT2D eigenvalue weighted by Gasteiger charge is -1.90. The minimum atomic E-state index is 0.749. The van der Waals surface area contributed by atoms with Gasteiger partial charge in [0.25, 0.3) is 0 Å². The molecule has 55 valence electrons. The first-order chi connectivity index (χ1) is 5.27. The molecule has 0 bridgehead atoms. The first kappa shape index (κ1) is 6.74. The Bertz CT molecular complexity index is 389. The van der Waals surface area contributed by atoms with Gasteiger partial charge in [-0.15, -0.1) is 0 Å². The van der Waals surface area contributed by atoms with Crippen LogP contribution in [0.15, 0.2) is 24.4 Å². The fourth-order valence-electron chi connectivity index (χ4n) is 1.16. The molecule has 0 saturated heterocycles. The SMILES string of the molecule is [CH2]c1c[nH]c2cc(Cl)ccc12. The molecule has 0 saturated carbocycles. The molecule has 0 aliphatic rings. The van der Waals surface area contributed by atoms with Crippen LogP contribution in [0.25, 0.3) is 10.9 Å². The highest BCUT2D eigenvalue weighted by molar-refractivity contribution is 6.31. The van der Waals surface area contributed by atoms with E-state index in [9.17, 15) is 0 Å². The number of benzene rings is 1. The van der Waals surface area contributed by atoms with E-state index in [1.54, 1.807) is 0 Å². The first-order valence-corrected chi connectivity index (χ1v) is 3.74. The number of aromatic nitrogens is 1. The lowest BCUT2D eigenvalue weighted by Crippen LogP contribution is -1.68. The molecule has 1 nitrogen and oxygen atoms in total. The highest BCUT2D eigenvalue weighted by Gasteiger charge is 1.98. The van der Waals surface area contributed by atoms with Gasteiger partial charge < -0.3 is 4.98 Å². The lowest BCUT2D eigenvalue weighted by atomic mass is 10.2. The quantitative estimate of drug-likeness (QED) is 0.616. The van der Waals surface area contributed by atoms with Crippen molar-refractivity contribution < 1.29 is 0 Å². The summed E-state index contributed by atoms with van der Waals surface area (Å²) >= 11 is 5.79. The molecular formula is C9H7ClN. The number of fused-ring (bicyclic) bond motifs is 1. The summed E-state index contributed by atoms with van der Waals surface area (Å²) in [7, 11) is 0. The normalized spacial score (nSPS) is 10.7. The molecule has 0 spiro atoms. The molecule has 0 fully saturated rings. The fraction of sp³-hybridized carbons (Fsp3) is 0. The standard InChI is InChI=1S/C9H7ClN/c1-6-5-11-9-4-7(10)2-3-8(6)9/h2-5,11H,1H2. The number of aromatic amines is 1. The number of halogens is 1. The second-order valence-corrected chi connectivity index (χ2v) is 2.94. The van der Waals surface area contributed by atoms with E-state index in [-0.39, 0.29) is 0 Å². The summed E-state index contributed by atoms with van der Waals surface area (Å²) in [5.74, 6) is 0. The molecule has 0 aliphatic carbocycles. The van der Waals surface area contributed by atoms with Crippen molar-refractivity contribution in [1.29, 1.82) is 0 Å². The molecule has 1 N–H and O–H groups in total. The van der Waals surface area contributed by atoms with Crippen LogP contribution in [0.1, 0.15) is 5.56 Å². The van der Waals surface area contributed by atoms with E-state index in [4.69, 9.17) is 11.6 Å². The van der Waals surface area contributed by atoms with Crippen molar-refractivity contribution in [1.82, 2.24) is 4.98 Å². The highest BCUT2D eigenvalue weighted by atomic mass is 35.5. The van der Waals surface area contributed by atoms with E-state index in [0.717, 1.165) is 21.5 Å². The molecule has 1 heterocycles. The maximum absolute atomic E-state index is 5.79. The third kappa shape index (κ3) is 1.02. The predicted octanol–water partition coefficient (Wildman–Crippen LogP) is 3.00. The average molecular weight is 165 g/mol. The van der Waals surface area contributed by atoms with Crippen LogP contribution >= 0.6 is 11.6 Å². The highest BCUT2D eigenvalue weighted by Crippen LogP contribution is 2.20. The van der Waals surface area contributed by atoms with Gasteiger partial charge in [0.1, 0.15) is 0 Å². The zero-order valence-corrected chi connectivity index (χ0v) is 6.65. The number of nitrogens with one attached hydrogen (secondary N) is 1. The second-order valence-electron chi connectivity index (χ2n) is 2.50. The first-order valence-electron chi connectivity index (χ1n) is 3.36. The number of hydrogen-bond acceptors (Lipinski definition) is 0. The largest absolute Gasteiger partial charge is 0.361 e. The Morgan fingerprint density at radius 3 is 3.00 bits per heavy atom. The molecule has 0 atom stereocenters. The van der Waals surface area contributed by atoms with Gasteiger partial charge in [0.05, 0.1) is 0 Å². The Labute approximate surface area is 70.0 Å². The zero-order valence-electron chi connectivity index (χ0n) is 5.89. The topological polar surface area (TPSA) is 15.8 Å². The fourth-order valence-corrected chi connectivity index (χ4v) is 1.33. The molecule has 2 rings (SSSR count). The Kier molecular flexibility index (Phi) is 1.40. The van der Waals surface area contributed by atoms with E-state index >= 15 is 0 Å². The number of H-pyrrole nitrogens is 1. The Morgan fingerprint density at radius 2 is 2.18 bits per heavy atom. The summed E-state index contributed by atoms with van der Waals surface area (Å²) in [4.78, 5) is 3.08. The monoisotopic (exact) mass is 164 g/mol. The van der Waals surface area contributed by atoms with Crippen LogP contribution in [0.2, 0.25) is 5.02 Å². The van der Waals surface area contributed by atoms with Gasteiger partial charge in [0.2, 0.25) is 0 Å². The zero-order chi connectivity index (χ0) is 7.84. The van der Waals surface area contributed by atoms with Crippen molar-refractivity contribution >= 4 is 22.5 Å². The third-order valence-electron chi connectivity index (χ3n) is 1.73. The molecule has 1 aromatic heterocycles. The molecule has 2 aromatic rings. The van der Waals surface area contributed by atoms with E-state index in [1.807, 2.05) is 24.4 Å². The lowest BCUT2D eigenvalue weighted by molar-refractivity contribution is 1.46. The van der Waals surface area contributed by atoms with Crippen molar-refractivity contribution in [2.75, 3.05) is 0 Å². The second kappa shape index (κ2) is 2.28. The average Bonchev–Trinajstić information content (AvgIpc) is 2.32. The van der Waals surface area contributed by atoms with Gasteiger partial charge in [0.15, 0.2) is 0 Å². The molecule has 0 amide bonds. The Morgan fingerprint density at radius 1 is 1.36 bits per heavy atom. The summed E-state index contributed by atoms with van der Waals surface area (Å²) in [5, 5.41) is 1.88. The van der Waals surface area contributed by atoms with Crippen LogP contribution in [-0.2, 0) is 0 Å². The minimum Gasteiger partial charge on any atom is -0.361 e. The van der Waals surface area contributed by atoms with E-state index in [2.05, 4.69) is 11.9 Å². The molecule has 11 heavy (non-hydrogen) atoms. The predicted molar refractivity (Wildman–Crippen MR) is 47.8 cm³/mol. The minimum absolute atomic E-state index is 0.749. The number of hydrogen-bond donors (Lipinski definition) is 1. The van der Waals surface area contributed by atoms with Crippen LogP contribution in [0.4, 0.5) is 0 Å². The summed E-state index contributed by atoms with van der Waals surface area (Å²) in [5.41, 5.74) is 2.05. The maximum atomic E-state index is 5.79. The maximum Gasteiger partial charge on any atom is 0.0471 e. The molecule has 0 aliphatic heterocycles. The van der Waals surface area contributed by atoms with Crippen molar-refractivity contribution in [2.24, 2.45) is 0 Å². The summed E-state index contributed by atoms with van der Waals surface area (Å²) < 4.78 is 0. The summed E-state index contributed by atoms with van der Waals surface area (Å²) in [6.07, 6.45) is 1.88. The smallest absolute Gasteiger partial charge is 0.0471 e. The van der Waals surface area contributed by atoms with Crippen molar-refractivity contribution in [3.63, 3.8) is 0 Å². The number of rotatable bonds is 0. The van der Waals surface area contributed by atoms with Gasteiger partial charge in [-0.2, -0.15) is 0 Å². The third-order valence-corrected chi connectivity index (χ3v) is 1.96. The van der Waals surface area contributed by atoms with Crippen LogP contribution < -0.4 is 0 Å². The van der Waals surface area contributed by atoms with Crippen LogP contribution in [0.3, 0.4) is 0 Å². The van der Waals surface area contributed by atoms with Crippen LogP contribution in [-0.4, -0.2) is 4.98 Å². The van der Waals surface area contributed by atoms with Crippen LogP contribution in [0.5, 0.6) is 0 Å². The van der Waals surface area contributed by atoms with Gasteiger partial charge in [-0.1, -0.05) is 17.7 Å². The van der Waals surface area contributed by atoms with E-state index in [0.29, 0.717) is 0 Å². The van der Waals surface area contributed by atoms with Gasteiger partial charge >= 0.3 is 0 Å². The Balaban J connectivity index is 2.86. The van der Waals surface area contributed by atoms with Gasteiger partial charge in [-0.3, -0.25) is 0 Å². The van der Waals surface area contributed by atoms with Crippen molar-refractivity contribution in [3.8, 4) is 0 Å². The molecule has 1 aromatic carbocycles. The van der Waals surface area contributed by atoms with E-state index < -0.39 is 0 Å². The Hall–Kier alpha value is -0.950. The van der Waals surface area contributed by atoms with Crippen molar-refractivity contribution in [3.05, 3.63) is 41.9 Å². The molecular weight excluding hydrogens is 158 g/mol. The van der Waals surface area contributed by atoms with Crippen LogP contribution in [0, 0.1) is 6.92 Å². The van der Waals surface area contributed by atoms with Gasteiger partial charge in [-0.05, 0) is 24.6 Å². The molecule has 0 unspecified atom stereocenters. The molecule has 1 radical (unpaired) electrons. The summed E-state index contributed by atoms with van der Waals surface area (Å²) in [6.45, 7) is 3.86. The summed E-state index contributed by atoms with van der Waals surface area (Å²) in [6, 6.07) is 5.73. The van der Waals surface area contributed by atoms with Gasteiger partial charge in [0, 0.05) is 22.1 Å².